The first-order valence-corrected chi connectivity index (χ1v) is 7.96. The fraction of sp³-hybridized carbons (Fsp3) is 0.308. The number of nitrogens with one attached hydrogen (secondary N) is 2. The molecule has 0 aliphatic carbocycles. The van der Waals surface area contributed by atoms with Gasteiger partial charge >= 0.3 is 0 Å². The van der Waals surface area contributed by atoms with Crippen LogP contribution in [0.2, 0.25) is 0 Å². The molecule has 1 unspecified atom stereocenters. The van der Waals surface area contributed by atoms with Crippen LogP contribution in [-0.2, 0) is 23.1 Å². The zero-order chi connectivity index (χ0) is 14.9. The van der Waals surface area contributed by atoms with Gasteiger partial charge in [0.1, 0.15) is 11.9 Å². The van der Waals surface area contributed by atoms with Crippen LogP contribution in [0.15, 0.2) is 35.5 Å². The van der Waals surface area contributed by atoms with E-state index in [1.807, 2.05) is 24.3 Å². The zero-order valence-electron chi connectivity index (χ0n) is 11.1. The fourth-order valence-corrected chi connectivity index (χ4v) is 3.47. The van der Waals surface area contributed by atoms with Gasteiger partial charge in [0.25, 0.3) is 10.0 Å². The molecule has 0 radical (unpaired) electrons. The van der Waals surface area contributed by atoms with Crippen LogP contribution in [0, 0.1) is 0 Å². The predicted molar refractivity (Wildman–Crippen MR) is 74.3 cm³/mol. The third-order valence-electron chi connectivity index (χ3n) is 3.33. The van der Waals surface area contributed by atoms with E-state index in [-0.39, 0.29) is 23.2 Å². The number of aliphatic hydroxyl groups excluding tert-OH is 1. The maximum Gasteiger partial charge on any atom is 0.257 e. The lowest BCUT2D eigenvalue weighted by Gasteiger charge is -2.12. The van der Waals surface area contributed by atoms with Crippen molar-refractivity contribution in [1.29, 1.82) is 0 Å². The van der Waals surface area contributed by atoms with Crippen molar-refractivity contribution in [2.45, 2.75) is 24.2 Å². The van der Waals surface area contributed by atoms with E-state index < -0.39 is 16.6 Å². The topological polar surface area (TPSA) is 104 Å². The minimum absolute atomic E-state index is 0.111. The van der Waals surface area contributed by atoms with Gasteiger partial charge < -0.3 is 9.84 Å². The Kier molecular flexibility index (Phi) is 3.66. The van der Waals surface area contributed by atoms with Crippen LogP contribution >= 0.6 is 0 Å². The summed E-state index contributed by atoms with van der Waals surface area (Å²) >= 11 is 0. The summed E-state index contributed by atoms with van der Waals surface area (Å²) in [7, 11) is -3.74. The number of ether oxygens (including phenoxy) is 1. The summed E-state index contributed by atoms with van der Waals surface area (Å²) in [4.78, 5) is 0. The molecule has 0 saturated heterocycles. The van der Waals surface area contributed by atoms with E-state index in [0.29, 0.717) is 6.42 Å². The molecule has 0 bridgehead atoms. The Morgan fingerprint density at radius 3 is 3.00 bits per heavy atom. The van der Waals surface area contributed by atoms with Crippen LogP contribution < -0.4 is 9.46 Å². The number of H-pyrrole nitrogens is 1. The molecule has 21 heavy (non-hydrogen) atoms. The molecule has 0 spiro atoms. The van der Waals surface area contributed by atoms with Crippen LogP contribution in [0.1, 0.15) is 11.1 Å². The second kappa shape index (κ2) is 5.47. The van der Waals surface area contributed by atoms with Crippen molar-refractivity contribution >= 4 is 10.0 Å². The molecule has 1 atom stereocenters. The average Bonchev–Trinajstić information content (AvgIpc) is 3.11. The van der Waals surface area contributed by atoms with E-state index in [1.54, 1.807) is 0 Å². The maximum absolute atomic E-state index is 12.2. The standard InChI is InChI=1S/C13H15N3O4S/c17-8-10-6-14-16-13(10)21(18,19)15-7-11-5-9-3-1-2-4-12(9)20-11/h1-4,6,11,15,17H,5,7-8H2,(H,14,16). The Hall–Kier alpha value is -1.90. The molecule has 8 heteroatoms. The first-order chi connectivity index (χ1) is 10.1. The number of hydrogen-bond donors (Lipinski definition) is 3. The monoisotopic (exact) mass is 309 g/mol. The fourth-order valence-electron chi connectivity index (χ4n) is 2.29. The summed E-state index contributed by atoms with van der Waals surface area (Å²) in [5, 5.41) is 15.0. The highest BCUT2D eigenvalue weighted by molar-refractivity contribution is 7.89. The van der Waals surface area contributed by atoms with Gasteiger partial charge in [-0.05, 0) is 11.6 Å². The van der Waals surface area contributed by atoms with Gasteiger partial charge in [0, 0.05) is 18.5 Å². The van der Waals surface area contributed by atoms with E-state index in [2.05, 4.69) is 14.9 Å². The highest BCUT2D eigenvalue weighted by Gasteiger charge is 2.26. The molecule has 3 rings (SSSR count). The van der Waals surface area contributed by atoms with Gasteiger partial charge in [-0.15, -0.1) is 0 Å². The van der Waals surface area contributed by atoms with Crippen LogP contribution in [0.3, 0.4) is 0 Å². The highest BCUT2D eigenvalue weighted by atomic mass is 32.2. The first kappa shape index (κ1) is 14.1. The molecule has 1 aromatic carbocycles. The van der Waals surface area contributed by atoms with Crippen molar-refractivity contribution in [2.24, 2.45) is 0 Å². The van der Waals surface area contributed by atoms with Crippen molar-refractivity contribution in [3.63, 3.8) is 0 Å². The van der Waals surface area contributed by atoms with Crippen LogP contribution in [-0.4, -0.2) is 36.4 Å². The first-order valence-electron chi connectivity index (χ1n) is 6.47. The van der Waals surface area contributed by atoms with Gasteiger partial charge in [-0.1, -0.05) is 18.2 Å². The van der Waals surface area contributed by atoms with Crippen molar-refractivity contribution in [3.05, 3.63) is 41.6 Å². The van der Waals surface area contributed by atoms with Crippen LogP contribution in [0.4, 0.5) is 0 Å². The summed E-state index contributed by atoms with van der Waals surface area (Å²) in [6.45, 7) is -0.237. The minimum atomic E-state index is -3.74. The lowest BCUT2D eigenvalue weighted by Crippen LogP contribution is -2.35. The number of aliphatic hydroxyl groups is 1. The number of para-hydroxylation sites is 1. The molecule has 1 aliphatic rings. The van der Waals surface area contributed by atoms with Crippen molar-refractivity contribution < 1.29 is 18.3 Å². The maximum atomic E-state index is 12.2. The van der Waals surface area contributed by atoms with Crippen molar-refractivity contribution in [2.75, 3.05) is 6.54 Å². The quantitative estimate of drug-likeness (QED) is 0.731. The Morgan fingerprint density at radius 1 is 1.43 bits per heavy atom. The smallest absolute Gasteiger partial charge is 0.257 e. The minimum Gasteiger partial charge on any atom is -0.488 e. The molecule has 1 aliphatic heterocycles. The number of nitrogens with zero attached hydrogens (tertiary/aromatic N) is 1. The Labute approximate surface area is 122 Å². The number of benzene rings is 1. The lowest BCUT2D eigenvalue weighted by molar-refractivity contribution is 0.236. The molecule has 0 fully saturated rings. The van der Waals surface area contributed by atoms with Gasteiger partial charge in [-0.25, -0.2) is 13.1 Å². The molecule has 0 saturated carbocycles. The molecule has 3 N–H and O–H groups in total. The third-order valence-corrected chi connectivity index (χ3v) is 4.77. The van der Waals surface area contributed by atoms with Gasteiger partial charge in [0.2, 0.25) is 0 Å². The van der Waals surface area contributed by atoms with E-state index in [9.17, 15) is 8.42 Å². The number of aromatic nitrogens is 2. The lowest BCUT2D eigenvalue weighted by atomic mass is 10.1. The van der Waals surface area contributed by atoms with E-state index in [1.165, 1.54) is 6.20 Å². The Balaban J connectivity index is 1.66. The summed E-state index contributed by atoms with van der Waals surface area (Å²) in [5.74, 6) is 0.791. The third kappa shape index (κ3) is 2.78. The molecular weight excluding hydrogens is 294 g/mol. The second-order valence-electron chi connectivity index (χ2n) is 4.79. The zero-order valence-corrected chi connectivity index (χ0v) is 11.9. The van der Waals surface area contributed by atoms with Gasteiger partial charge in [0.05, 0.1) is 12.8 Å². The normalized spacial score (nSPS) is 17.5. The van der Waals surface area contributed by atoms with Gasteiger partial charge in [0.15, 0.2) is 5.03 Å². The van der Waals surface area contributed by atoms with Gasteiger partial charge in [-0.2, -0.15) is 5.10 Å². The van der Waals surface area contributed by atoms with Crippen molar-refractivity contribution in [1.82, 2.24) is 14.9 Å². The van der Waals surface area contributed by atoms with Crippen LogP contribution in [0.5, 0.6) is 5.75 Å². The van der Waals surface area contributed by atoms with E-state index >= 15 is 0 Å². The highest BCUT2D eigenvalue weighted by Crippen LogP contribution is 2.27. The van der Waals surface area contributed by atoms with E-state index in [4.69, 9.17) is 9.84 Å². The molecule has 2 aromatic rings. The number of sulfonamides is 1. The van der Waals surface area contributed by atoms with Crippen molar-refractivity contribution in [3.8, 4) is 5.75 Å². The summed E-state index contributed by atoms with van der Waals surface area (Å²) < 4.78 is 32.5. The second-order valence-corrected chi connectivity index (χ2v) is 6.49. The molecule has 1 aromatic heterocycles. The predicted octanol–water partition coefficient (Wildman–Crippen LogP) is 0.184. The SMILES string of the molecule is O=S(=O)(NCC1Cc2ccccc2O1)c1[nH]ncc1CO. The van der Waals surface area contributed by atoms with Gasteiger partial charge in [-0.3, -0.25) is 5.10 Å². The average molecular weight is 309 g/mol. The van der Waals surface area contributed by atoms with Crippen LogP contribution in [0.25, 0.3) is 0 Å². The molecule has 112 valence electrons. The number of aromatic amines is 1. The Bertz CT molecular complexity index is 716. The number of rotatable bonds is 5. The number of hydrogen-bond acceptors (Lipinski definition) is 5. The summed E-state index contributed by atoms with van der Waals surface area (Å²) in [6.07, 6.45) is 1.71. The molecular formula is C13H15N3O4S. The summed E-state index contributed by atoms with van der Waals surface area (Å²) in [6, 6.07) is 7.63. The largest absolute Gasteiger partial charge is 0.488 e. The molecule has 2 heterocycles. The summed E-state index contributed by atoms with van der Waals surface area (Å²) in [5.41, 5.74) is 1.30. The Morgan fingerprint density at radius 2 is 2.24 bits per heavy atom. The molecule has 0 amide bonds. The molecule has 7 nitrogen and oxygen atoms in total. The van der Waals surface area contributed by atoms with E-state index in [0.717, 1.165) is 11.3 Å². The number of fused-ring (bicyclic) bond motifs is 1.